The van der Waals surface area contributed by atoms with Crippen molar-refractivity contribution in [3.63, 3.8) is 0 Å². The van der Waals surface area contributed by atoms with E-state index in [1.54, 1.807) is 24.3 Å². The number of amides is 1. The minimum atomic E-state index is -0.385. The van der Waals surface area contributed by atoms with Gasteiger partial charge in [-0.3, -0.25) is 4.79 Å². The molecule has 9 heteroatoms. The van der Waals surface area contributed by atoms with Gasteiger partial charge >= 0.3 is 0 Å². The van der Waals surface area contributed by atoms with Crippen LogP contribution >= 0.6 is 24.8 Å². The van der Waals surface area contributed by atoms with Crippen molar-refractivity contribution in [1.29, 1.82) is 0 Å². The van der Waals surface area contributed by atoms with Crippen molar-refractivity contribution >= 4 is 36.4 Å². The van der Waals surface area contributed by atoms with Crippen LogP contribution in [0.5, 0.6) is 0 Å². The van der Waals surface area contributed by atoms with Crippen LogP contribution in [0.4, 0.5) is 4.39 Å². The summed E-state index contributed by atoms with van der Waals surface area (Å²) < 4.78 is 15.5. The number of halogens is 3. The predicted molar refractivity (Wildman–Crippen MR) is 102 cm³/mol. The van der Waals surface area contributed by atoms with Gasteiger partial charge in [-0.15, -0.1) is 24.8 Å². The summed E-state index contributed by atoms with van der Waals surface area (Å²) in [5.41, 5.74) is 9.05. The Kier molecular flexibility index (Phi) is 7.50. The summed E-state index contributed by atoms with van der Waals surface area (Å²) in [5.74, 6) is -0.722. The van der Waals surface area contributed by atoms with Gasteiger partial charge in [0.25, 0.3) is 5.91 Å². The van der Waals surface area contributed by atoms with Gasteiger partial charge in [0.2, 0.25) is 0 Å². The van der Waals surface area contributed by atoms with Crippen LogP contribution in [0.15, 0.2) is 30.3 Å². The molecule has 0 saturated heterocycles. The van der Waals surface area contributed by atoms with E-state index < -0.39 is 0 Å². The van der Waals surface area contributed by atoms with Crippen LogP contribution in [0.25, 0.3) is 5.65 Å². The fraction of sp³-hybridized carbons (Fsp3) is 0.235. The summed E-state index contributed by atoms with van der Waals surface area (Å²) in [6.45, 7) is 4.00. The summed E-state index contributed by atoms with van der Waals surface area (Å²) in [6, 6.07) is 8.21. The standard InChI is InChI=1S/C17H18FN5O.2ClH/c1-10-5-15(23-16(21-10)6-11(2)22-23)17(24)20-9-13-4-3-12(8-19)7-14(13)18;;/h3-7H,8-9,19H2,1-2H3,(H,20,24);2*1H. The van der Waals surface area contributed by atoms with E-state index in [1.807, 2.05) is 13.8 Å². The van der Waals surface area contributed by atoms with Crippen LogP contribution in [0.2, 0.25) is 0 Å². The molecule has 0 spiro atoms. The Morgan fingerprint density at radius 2 is 1.92 bits per heavy atom. The second kappa shape index (κ2) is 8.93. The molecule has 0 atom stereocenters. The number of carbonyl (C=O) groups excluding carboxylic acids is 1. The predicted octanol–water partition coefficient (Wildman–Crippen LogP) is 2.72. The van der Waals surface area contributed by atoms with E-state index in [9.17, 15) is 9.18 Å². The third kappa shape index (κ3) is 4.49. The zero-order chi connectivity index (χ0) is 17.3. The van der Waals surface area contributed by atoms with Crippen LogP contribution in [0.3, 0.4) is 0 Å². The Morgan fingerprint density at radius 1 is 1.19 bits per heavy atom. The number of hydrogen-bond donors (Lipinski definition) is 2. The molecule has 140 valence electrons. The lowest BCUT2D eigenvalue weighted by atomic mass is 10.1. The summed E-state index contributed by atoms with van der Waals surface area (Å²) in [4.78, 5) is 16.8. The Hall–Kier alpha value is -2.22. The van der Waals surface area contributed by atoms with E-state index in [4.69, 9.17) is 5.73 Å². The Labute approximate surface area is 162 Å². The lowest BCUT2D eigenvalue weighted by Crippen LogP contribution is -2.26. The van der Waals surface area contributed by atoms with E-state index in [0.717, 1.165) is 5.69 Å². The normalized spacial score (nSPS) is 10.2. The van der Waals surface area contributed by atoms with E-state index in [1.165, 1.54) is 10.6 Å². The van der Waals surface area contributed by atoms with E-state index >= 15 is 0 Å². The quantitative estimate of drug-likeness (QED) is 0.705. The maximum absolute atomic E-state index is 14.0. The van der Waals surface area contributed by atoms with Gasteiger partial charge in [-0.25, -0.2) is 13.9 Å². The molecule has 0 radical (unpaired) electrons. The molecule has 26 heavy (non-hydrogen) atoms. The Morgan fingerprint density at radius 3 is 2.58 bits per heavy atom. The number of nitrogens with zero attached hydrogens (tertiary/aromatic N) is 3. The first-order valence-electron chi connectivity index (χ1n) is 7.57. The van der Waals surface area contributed by atoms with Gasteiger partial charge in [-0.05, 0) is 31.5 Å². The molecule has 2 aromatic heterocycles. The average molecular weight is 400 g/mol. The fourth-order valence-electron chi connectivity index (χ4n) is 2.50. The van der Waals surface area contributed by atoms with Gasteiger partial charge < -0.3 is 11.1 Å². The second-order valence-electron chi connectivity index (χ2n) is 5.65. The Balaban J connectivity index is 0.00000169. The molecule has 2 heterocycles. The van der Waals surface area contributed by atoms with E-state index in [2.05, 4.69) is 15.4 Å². The molecule has 0 aliphatic carbocycles. The number of hydrogen-bond acceptors (Lipinski definition) is 4. The number of aromatic nitrogens is 3. The molecule has 1 aromatic carbocycles. The molecule has 0 bridgehead atoms. The molecule has 0 aliphatic rings. The molecule has 0 fully saturated rings. The molecule has 3 aromatic rings. The van der Waals surface area contributed by atoms with Crippen LogP contribution in [-0.4, -0.2) is 20.5 Å². The molecule has 0 saturated carbocycles. The van der Waals surface area contributed by atoms with Crippen molar-refractivity contribution in [2.24, 2.45) is 5.73 Å². The lowest BCUT2D eigenvalue weighted by Gasteiger charge is -2.09. The Bertz CT molecular complexity index is 929. The lowest BCUT2D eigenvalue weighted by molar-refractivity contribution is 0.0943. The summed E-state index contributed by atoms with van der Waals surface area (Å²) >= 11 is 0. The number of fused-ring (bicyclic) bond motifs is 1. The van der Waals surface area contributed by atoms with Crippen molar-refractivity contribution in [3.8, 4) is 0 Å². The van der Waals surface area contributed by atoms with Gasteiger partial charge in [0, 0.05) is 30.4 Å². The number of nitrogens with two attached hydrogens (primary N) is 1. The monoisotopic (exact) mass is 399 g/mol. The molecule has 0 aliphatic heterocycles. The van der Waals surface area contributed by atoms with Gasteiger partial charge in [-0.2, -0.15) is 5.10 Å². The minimum Gasteiger partial charge on any atom is -0.347 e. The zero-order valence-corrected chi connectivity index (χ0v) is 16.0. The van der Waals surface area contributed by atoms with Crippen LogP contribution in [0, 0.1) is 19.7 Å². The highest BCUT2D eigenvalue weighted by molar-refractivity contribution is 5.93. The first-order valence-corrected chi connectivity index (χ1v) is 7.57. The highest BCUT2D eigenvalue weighted by atomic mass is 35.5. The maximum atomic E-state index is 14.0. The first-order chi connectivity index (χ1) is 11.5. The topological polar surface area (TPSA) is 85.3 Å². The highest BCUT2D eigenvalue weighted by Crippen LogP contribution is 2.12. The van der Waals surface area contributed by atoms with E-state index in [0.29, 0.717) is 28.2 Å². The molecule has 3 rings (SSSR count). The number of aryl methyl sites for hydroxylation is 2. The summed E-state index contributed by atoms with van der Waals surface area (Å²) in [6.07, 6.45) is 0. The molecule has 1 amide bonds. The number of nitrogens with one attached hydrogen (secondary N) is 1. The fourth-order valence-corrected chi connectivity index (χ4v) is 2.50. The van der Waals surface area contributed by atoms with Crippen LogP contribution < -0.4 is 11.1 Å². The number of carbonyl (C=O) groups is 1. The van der Waals surface area contributed by atoms with Crippen molar-refractivity contribution in [3.05, 3.63) is 64.4 Å². The second-order valence-corrected chi connectivity index (χ2v) is 5.65. The number of benzene rings is 1. The molecular formula is C17H20Cl2FN5O. The largest absolute Gasteiger partial charge is 0.347 e. The maximum Gasteiger partial charge on any atom is 0.270 e. The van der Waals surface area contributed by atoms with E-state index in [-0.39, 0.29) is 49.6 Å². The number of rotatable bonds is 4. The van der Waals surface area contributed by atoms with Crippen molar-refractivity contribution in [1.82, 2.24) is 19.9 Å². The molecule has 0 unspecified atom stereocenters. The van der Waals surface area contributed by atoms with Crippen molar-refractivity contribution < 1.29 is 9.18 Å². The summed E-state index contributed by atoms with van der Waals surface area (Å²) in [7, 11) is 0. The van der Waals surface area contributed by atoms with Gasteiger partial charge in [0.15, 0.2) is 5.65 Å². The van der Waals surface area contributed by atoms with Crippen molar-refractivity contribution in [2.45, 2.75) is 26.9 Å². The molecular weight excluding hydrogens is 380 g/mol. The van der Waals surface area contributed by atoms with Gasteiger partial charge in [0.1, 0.15) is 11.5 Å². The summed E-state index contributed by atoms with van der Waals surface area (Å²) in [5, 5.41) is 7.00. The SMILES string of the molecule is Cc1cc(C(=O)NCc2ccc(CN)cc2F)n2nc(C)cc2n1.Cl.Cl. The first kappa shape index (κ1) is 21.8. The third-order valence-corrected chi connectivity index (χ3v) is 3.70. The third-order valence-electron chi connectivity index (χ3n) is 3.70. The van der Waals surface area contributed by atoms with Crippen molar-refractivity contribution in [2.75, 3.05) is 0 Å². The average Bonchev–Trinajstić information content (AvgIpc) is 2.92. The van der Waals surface area contributed by atoms with Crippen LogP contribution in [-0.2, 0) is 13.1 Å². The highest BCUT2D eigenvalue weighted by Gasteiger charge is 2.14. The van der Waals surface area contributed by atoms with Gasteiger partial charge in [0.05, 0.1) is 5.69 Å². The molecule has 6 nitrogen and oxygen atoms in total. The van der Waals surface area contributed by atoms with Crippen LogP contribution in [0.1, 0.15) is 33.0 Å². The van der Waals surface area contributed by atoms with Gasteiger partial charge in [-0.1, -0.05) is 12.1 Å². The zero-order valence-electron chi connectivity index (χ0n) is 14.3. The smallest absolute Gasteiger partial charge is 0.270 e. The molecule has 3 N–H and O–H groups in total. The minimum absolute atomic E-state index is 0.